The predicted molar refractivity (Wildman–Crippen MR) is 97.2 cm³/mol. The number of nitrogens with zero attached hydrogens (tertiary/aromatic N) is 2. The van der Waals surface area contributed by atoms with E-state index in [0.717, 1.165) is 0 Å². The van der Waals surface area contributed by atoms with Crippen LogP contribution < -0.4 is 0 Å². The molecule has 146 valence electrons. The van der Waals surface area contributed by atoms with Crippen LogP contribution in [0, 0.1) is 13.8 Å². The Bertz CT molecular complexity index is 617. The molecule has 7 heteroatoms. The lowest BCUT2D eigenvalue weighted by molar-refractivity contribution is -0.143. The van der Waals surface area contributed by atoms with E-state index in [1.165, 1.54) is 0 Å². The standard InChI is InChI=1S/C19H30N2O5/c1-13-10-17(16(4)26-13)19(23)20(8-9-24-5)7-6-18(22)21-11-14(2)25-15(3)12-21/h10,14-15H,6-9,11-12H2,1-5H3. The Balaban J connectivity index is 2.00. The van der Waals surface area contributed by atoms with Crippen LogP contribution in [0.15, 0.2) is 10.5 Å². The van der Waals surface area contributed by atoms with Crippen LogP contribution in [0.5, 0.6) is 0 Å². The van der Waals surface area contributed by atoms with Crippen molar-refractivity contribution in [3.63, 3.8) is 0 Å². The molecular weight excluding hydrogens is 336 g/mol. The molecule has 1 aromatic rings. The van der Waals surface area contributed by atoms with Crippen molar-refractivity contribution >= 4 is 11.8 Å². The van der Waals surface area contributed by atoms with E-state index in [4.69, 9.17) is 13.9 Å². The second-order valence-electron chi connectivity index (χ2n) is 6.92. The molecule has 0 radical (unpaired) electrons. The normalized spacial score (nSPS) is 20.3. The van der Waals surface area contributed by atoms with Crippen LogP contribution in [-0.2, 0) is 14.3 Å². The van der Waals surface area contributed by atoms with Crippen molar-refractivity contribution < 1.29 is 23.5 Å². The van der Waals surface area contributed by atoms with Gasteiger partial charge in [0, 0.05) is 39.7 Å². The minimum absolute atomic E-state index is 0.0329. The number of aryl methyl sites for hydroxylation is 2. The molecule has 0 aliphatic carbocycles. The van der Waals surface area contributed by atoms with Gasteiger partial charge in [0.25, 0.3) is 5.91 Å². The van der Waals surface area contributed by atoms with Crippen molar-refractivity contribution in [3.8, 4) is 0 Å². The molecule has 1 aliphatic heterocycles. The number of morpholine rings is 1. The zero-order chi connectivity index (χ0) is 19.3. The van der Waals surface area contributed by atoms with Crippen molar-refractivity contribution in [3.05, 3.63) is 23.2 Å². The fourth-order valence-electron chi connectivity index (χ4n) is 3.30. The molecule has 2 heterocycles. The third kappa shape index (κ3) is 5.32. The first kappa shape index (κ1) is 20.5. The van der Waals surface area contributed by atoms with Gasteiger partial charge in [-0.2, -0.15) is 0 Å². The third-order valence-electron chi connectivity index (χ3n) is 4.49. The SMILES string of the molecule is COCCN(CCC(=O)N1CC(C)OC(C)C1)C(=O)c1cc(C)oc1C. The van der Waals surface area contributed by atoms with Gasteiger partial charge in [0.05, 0.1) is 24.4 Å². The number of hydrogen-bond donors (Lipinski definition) is 0. The zero-order valence-corrected chi connectivity index (χ0v) is 16.4. The van der Waals surface area contributed by atoms with Crippen molar-refractivity contribution in [1.82, 2.24) is 9.80 Å². The molecule has 1 fully saturated rings. The molecular formula is C19H30N2O5. The zero-order valence-electron chi connectivity index (χ0n) is 16.4. The molecule has 0 N–H and O–H groups in total. The summed E-state index contributed by atoms with van der Waals surface area (Å²) in [5.41, 5.74) is 0.541. The van der Waals surface area contributed by atoms with Gasteiger partial charge >= 0.3 is 0 Å². The Morgan fingerprint density at radius 1 is 1.23 bits per heavy atom. The molecule has 0 aromatic carbocycles. The maximum Gasteiger partial charge on any atom is 0.257 e. The summed E-state index contributed by atoms with van der Waals surface area (Å²) in [7, 11) is 1.59. The van der Waals surface area contributed by atoms with E-state index in [0.29, 0.717) is 49.9 Å². The lowest BCUT2D eigenvalue weighted by atomic mass is 10.2. The highest BCUT2D eigenvalue weighted by Crippen LogP contribution is 2.17. The van der Waals surface area contributed by atoms with Crippen LogP contribution in [0.1, 0.15) is 42.1 Å². The largest absolute Gasteiger partial charge is 0.466 e. The van der Waals surface area contributed by atoms with Crippen molar-refractivity contribution in [2.45, 2.75) is 46.3 Å². The highest BCUT2D eigenvalue weighted by Gasteiger charge is 2.27. The van der Waals surface area contributed by atoms with Gasteiger partial charge in [-0.15, -0.1) is 0 Å². The van der Waals surface area contributed by atoms with Crippen molar-refractivity contribution in [2.75, 3.05) is 39.9 Å². The van der Waals surface area contributed by atoms with Gasteiger partial charge in [0.1, 0.15) is 11.5 Å². The molecule has 2 amide bonds. The molecule has 2 rings (SSSR count). The van der Waals surface area contributed by atoms with Gasteiger partial charge in [0.2, 0.25) is 5.91 Å². The van der Waals surface area contributed by atoms with Crippen LogP contribution in [0.4, 0.5) is 0 Å². The fraction of sp³-hybridized carbons (Fsp3) is 0.684. The number of furan rings is 1. The van der Waals surface area contributed by atoms with Crippen LogP contribution in [0.25, 0.3) is 0 Å². The van der Waals surface area contributed by atoms with Gasteiger partial charge in [-0.05, 0) is 33.8 Å². The van der Waals surface area contributed by atoms with E-state index in [1.807, 2.05) is 25.7 Å². The first-order chi connectivity index (χ1) is 12.3. The van der Waals surface area contributed by atoms with Crippen LogP contribution in [-0.4, -0.2) is 73.7 Å². The van der Waals surface area contributed by atoms with E-state index < -0.39 is 0 Å². The quantitative estimate of drug-likeness (QED) is 0.738. The van der Waals surface area contributed by atoms with Crippen LogP contribution in [0.3, 0.4) is 0 Å². The van der Waals surface area contributed by atoms with E-state index >= 15 is 0 Å². The number of hydrogen-bond acceptors (Lipinski definition) is 5. The number of carbonyl (C=O) groups is 2. The second kappa shape index (κ2) is 9.19. The fourth-order valence-corrected chi connectivity index (χ4v) is 3.30. The van der Waals surface area contributed by atoms with Gasteiger partial charge in [-0.1, -0.05) is 0 Å². The van der Waals surface area contributed by atoms with Crippen LogP contribution in [0.2, 0.25) is 0 Å². The number of ether oxygens (including phenoxy) is 2. The topological polar surface area (TPSA) is 72.2 Å². The molecule has 26 heavy (non-hydrogen) atoms. The lowest BCUT2D eigenvalue weighted by Gasteiger charge is -2.35. The van der Waals surface area contributed by atoms with Gasteiger partial charge in [-0.3, -0.25) is 9.59 Å². The molecule has 0 bridgehead atoms. The molecule has 0 spiro atoms. The minimum atomic E-state index is -0.132. The van der Waals surface area contributed by atoms with Gasteiger partial charge in [0.15, 0.2) is 0 Å². The Kier molecular flexibility index (Phi) is 7.23. The summed E-state index contributed by atoms with van der Waals surface area (Å²) in [5, 5.41) is 0. The predicted octanol–water partition coefficient (Wildman–Crippen LogP) is 2.01. The summed E-state index contributed by atoms with van der Waals surface area (Å²) in [6, 6.07) is 1.74. The number of carbonyl (C=O) groups excluding carboxylic acids is 2. The minimum Gasteiger partial charge on any atom is -0.466 e. The summed E-state index contributed by atoms with van der Waals surface area (Å²) in [5.74, 6) is 1.21. The van der Waals surface area contributed by atoms with E-state index in [2.05, 4.69) is 0 Å². The van der Waals surface area contributed by atoms with Crippen LogP contribution >= 0.6 is 0 Å². The smallest absolute Gasteiger partial charge is 0.257 e. The first-order valence-electron chi connectivity index (χ1n) is 9.10. The second-order valence-corrected chi connectivity index (χ2v) is 6.92. The average Bonchev–Trinajstić information content (AvgIpc) is 2.91. The summed E-state index contributed by atoms with van der Waals surface area (Å²) in [6.45, 7) is 9.91. The highest BCUT2D eigenvalue weighted by molar-refractivity contribution is 5.95. The number of methoxy groups -OCH3 is 1. The number of amides is 2. The summed E-state index contributed by atoms with van der Waals surface area (Å²) < 4.78 is 16.3. The molecule has 2 atom stereocenters. The Hall–Kier alpha value is -1.86. The monoisotopic (exact) mass is 366 g/mol. The molecule has 0 saturated carbocycles. The van der Waals surface area contributed by atoms with Crippen molar-refractivity contribution in [1.29, 1.82) is 0 Å². The third-order valence-corrected chi connectivity index (χ3v) is 4.49. The van der Waals surface area contributed by atoms with E-state index in [-0.39, 0.29) is 30.4 Å². The van der Waals surface area contributed by atoms with Gasteiger partial charge in [-0.25, -0.2) is 0 Å². The average molecular weight is 366 g/mol. The summed E-state index contributed by atoms with van der Waals surface area (Å²) in [6.07, 6.45) is 0.348. The Morgan fingerprint density at radius 3 is 2.42 bits per heavy atom. The van der Waals surface area contributed by atoms with Gasteiger partial charge < -0.3 is 23.7 Å². The molecule has 1 saturated heterocycles. The summed E-state index contributed by atoms with van der Waals surface area (Å²) in [4.78, 5) is 28.9. The maximum absolute atomic E-state index is 12.8. The number of rotatable bonds is 7. The van der Waals surface area contributed by atoms with E-state index in [1.54, 1.807) is 25.0 Å². The molecule has 1 aromatic heterocycles. The molecule has 2 unspecified atom stereocenters. The lowest BCUT2D eigenvalue weighted by Crippen LogP contribution is -2.49. The summed E-state index contributed by atoms with van der Waals surface area (Å²) >= 11 is 0. The maximum atomic E-state index is 12.8. The Morgan fingerprint density at radius 2 is 1.88 bits per heavy atom. The van der Waals surface area contributed by atoms with Crippen molar-refractivity contribution in [2.24, 2.45) is 0 Å². The first-order valence-corrected chi connectivity index (χ1v) is 9.10. The van der Waals surface area contributed by atoms with E-state index in [9.17, 15) is 9.59 Å². The molecule has 1 aliphatic rings. The molecule has 7 nitrogen and oxygen atoms in total. The highest BCUT2D eigenvalue weighted by atomic mass is 16.5. The Labute approximate surface area is 155 Å².